The van der Waals surface area contributed by atoms with E-state index in [2.05, 4.69) is 5.32 Å². The predicted molar refractivity (Wildman–Crippen MR) is 102 cm³/mol. The third-order valence-electron chi connectivity index (χ3n) is 3.82. The zero-order valence-electron chi connectivity index (χ0n) is 15.6. The van der Waals surface area contributed by atoms with Crippen molar-refractivity contribution in [1.82, 2.24) is 0 Å². The molecule has 0 bridgehead atoms. The molecule has 8 heteroatoms. The SMILES string of the molecule is CCOC(=O)c1c(NC(=O)COc2c(C=O)cccc2OC)sc(C)c1C. The van der Waals surface area contributed by atoms with E-state index in [9.17, 15) is 14.4 Å². The van der Waals surface area contributed by atoms with Gasteiger partial charge in [-0.1, -0.05) is 6.07 Å². The summed E-state index contributed by atoms with van der Waals surface area (Å²) in [5, 5.41) is 3.09. The summed E-state index contributed by atoms with van der Waals surface area (Å²) in [5.41, 5.74) is 1.39. The molecule has 1 aromatic heterocycles. The fraction of sp³-hybridized carbons (Fsp3) is 0.316. The molecule has 27 heavy (non-hydrogen) atoms. The van der Waals surface area contributed by atoms with E-state index in [-0.39, 0.29) is 24.5 Å². The molecule has 2 aromatic rings. The van der Waals surface area contributed by atoms with Gasteiger partial charge in [-0.3, -0.25) is 9.59 Å². The summed E-state index contributed by atoms with van der Waals surface area (Å²) < 4.78 is 15.7. The van der Waals surface area contributed by atoms with Gasteiger partial charge < -0.3 is 19.5 Å². The number of ether oxygens (including phenoxy) is 3. The minimum Gasteiger partial charge on any atom is -0.493 e. The number of amides is 1. The monoisotopic (exact) mass is 391 g/mol. The van der Waals surface area contributed by atoms with Crippen LogP contribution in [0.3, 0.4) is 0 Å². The van der Waals surface area contributed by atoms with E-state index < -0.39 is 11.9 Å². The second-order valence-electron chi connectivity index (χ2n) is 5.54. The lowest BCUT2D eigenvalue weighted by Crippen LogP contribution is -2.21. The molecule has 7 nitrogen and oxygen atoms in total. The average Bonchev–Trinajstić information content (AvgIpc) is 2.93. The van der Waals surface area contributed by atoms with Gasteiger partial charge in [0.25, 0.3) is 5.91 Å². The number of methoxy groups -OCH3 is 1. The number of esters is 1. The first-order chi connectivity index (χ1) is 12.9. The van der Waals surface area contributed by atoms with Crippen LogP contribution in [0.15, 0.2) is 18.2 Å². The molecule has 0 saturated heterocycles. The van der Waals surface area contributed by atoms with Gasteiger partial charge in [0, 0.05) is 4.88 Å². The third-order valence-corrected chi connectivity index (χ3v) is 4.94. The van der Waals surface area contributed by atoms with Crippen molar-refractivity contribution in [3.8, 4) is 11.5 Å². The van der Waals surface area contributed by atoms with Crippen LogP contribution in [0.1, 0.15) is 38.1 Å². The van der Waals surface area contributed by atoms with Crippen LogP contribution in [0.5, 0.6) is 11.5 Å². The first-order valence-corrected chi connectivity index (χ1v) is 9.06. The Hall–Kier alpha value is -2.87. The number of thiophene rings is 1. The van der Waals surface area contributed by atoms with Crippen molar-refractivity contribution in [3.63, 3.8) is 0 Å². The number of hydrogen-bond acceptors (Lipinski definition) is 7. The van der Waals surface area contributed by atoms with Gasteiger partial charge in [0.1, 0.15) is 5.00 Å². The van der Waals surface area contributed by atoms with Gasteiger partial charge in [-0.25, -0.2) is 4.79 Å². The van der Waals surface area contributed by atoms with E-state index in [0.29, 0.717) is 22.6 Å². The van der Waals surface area contributed by atoms with Crippen LogP contribution in [0, 0.1) is 13.8 Å². The highest BCUT2D eigenvalue weighted by molar-refractivity contribution is 7.16. The molecule has 1 amide bonds. The van der Waals surface area contributed by atoms with Crippen LogP contribution in [-0.2, 0) is 9.53 Å². The lowest BCUT2D eigenvalue weighted by atomic mass is 10.1. The Labute approximate surface area is 161 Å². The maximum absolute atomic E-state index is 12.3. The third kappa shape index (κ3) is 4.65. The number of carbonyl (C=O) groups is 3. The van der Waals surface area contributed by atoms with E-state index in [0.717, 1.165) is 10.4 Å². The lowest BCUT2D eigenvalue weighted by molar-refractivity contribution is -0.118. The summed E-state index contributed by atoms with van der Waals surface area (Å²) in [6.45, 7) is 5.28. The molecular weight excluding hydrogens is 370 g/mol. The molecule has 0 radical (unpaired) electrons. The molecule has 1 N–H and O–H groups in total. The molecule has 0 aliphatic heterocycles. The Bertz CT molecular complexity index is 858. The molecule has 0 aliphatic carbocycles. The van der Waals surface area contributed by atoms with Crippen LogP contribution in [-0.4, -0.2) is 38.5 Å². The molecule has 0 aliphatic rings. The number of rotatable bonds is 8. The molecule has 0 fully saturated rings. The summed E-state index contributed by atoms with van der Waals surface area (Å²) in [4.78, 5) is 36.6. The Morgan fingerprint density at radius 3 is 2.63 bits per heavy atom. The summed E-state index contributed by atoms with van der Waals surface area (Å²) >= 11 is 1.29. The van der Waals surface area contributed by atoms with Crippen molar-refractivity contribution in [2.75, 3.05) is 25.6 Å². The fourth-order valence-corrected chi connectivity index (χ4v) is 3.47. The highest BCUT2D eigenvalue weighted by Crippen LogP contribution is 2.33. The summed E-state index contributed by atoms with van der Waals surface area (Å²) in [5.74, 6) is -0.412. The van der Waals surface area contributed by atoms with E-state index in [1.54, 1.807) is 32.0 Å². The standard InChI is InChI=1S/C19H21NO6S/c1-5-25-19(23)16-11(2)12(3)27-18(16)20-15(22)10-26-17-13(9-21)7-6-8-14(17)24-4/h6-9H,5,10H2,1-4H3,(H,20,22). The smallest absolute Gasteiger partial charge is 0.341 e. The fourth-order valence-electron chi connectivity index (χ4n) is 2.41. The first kappa shape index (κ1) is 20.4. The van der Waals surface area contributed by atoms with E-state index in [1.807, 2.05) is 6.92 Å². The van der Waals surface area contributed by atoms with E-state index in [1.165, 1.54) is 18.4 Å². The Kier molecular flexibility index (Phi) is 6.95. The Morgan fingerprint density at radius 2 is 2.00 bits per heavy atom. The van der Waals surface area contributed by atoms with Gasteiger partial charge in [-0.05, 0) is 38.5 Å². The number of aldehydes is 1. The molecule has 0 unspecified atom stereocenters. The molecule has 0 atom stereocenters. The minimum atomic E-state index is -0.483. The first-order valence-electron chi connectivity index (χ1n) is 8.24. The van der Waals surface area contributed by atoms with Gasteiger partial charge in [-0.2, -0.15) is 0 Å². The Balaban J connectivity index is 2.15. The topological polar surface area (TPSA) is 90.9 Å². The molecule has 2 rings (SSSR count). The van der Waals surface area contributed by atoms with E-state index in [4.69, 9.17) is 14.2 Å². The van der Waals surface area contributed by atoms with Crippen molar-refractivity contribution in [2.45, 2.75) is 20.8 Å². The molecule has 144 valence electrons. The number of benzene rings is 1. The molecule has 1 heterocycles. The van der Waals surface area contributed by atoms with Gasteiger partial charge in [0.05, 0.1) is 24.8 Å². The van der Waals surface area contributed by atoms with Gasteiger partial charge in [-0.15, -0.1) is 11.3 Å². The molecular formula is C19H21NO6S. The summed E-state index contributed by atoms with van der Waals surface area (Å²) in [7, 11) is 1.44. The predicted octanol–water partition coefficient (Wildman–Crippen LogP) is 3.38. The quantitative estimate of drug-likeness (QED) is 0.548. The van der Waals surface area contributed by atoms with Gasteiger partial charge in [0.2, 0.25) is 0 Å². The van der Waals surface area contributed by atoms with Crippen molar-refractivity contribution in [3.05, 3.63) is 39.8 Å². The Morgan fingerprint density at radius 1 is 1.26 bits per heavy atom. The number of aryl methyl sites for hydroxylation is 1. The van der Waals surface area contributed by atoms with Crippen molar-refractivity contribution < 1.29 is 28.6 Å². The zero-order valence-corrected chi connectivity index (χ0v) is 16.4. The van der Waals surface area contributed by atoms with Crippen molar-refractivity contribution >= 4 is 34.5 Å². The van der Waals surface area contributed by atoms with E-state index >= 15 is 0 Å². The van der Waals surface area contributed by atoms with Crippen LogP contribution in [0.25, 0.3) is 0 Å². The lowest BCUT2D eigenvalue weighted by Gasteiger charge is -2.12. The van der Waals surface area contributed by atoms with Crippen molar-refractivity contribution in [1.29, 1.82) is 0 Å². The number of carbonyl (C=O) groups excluding carboxylic acids is 3. The van der Waals surface area contributed by atoms with Gasteiger partial charge in [0.15, 0.2) is 24.4 Å². The molecule has 1 aromatic carbocycles. The second kappa shape index (κ2) is 9.18. The van der Waals surface area contributed by atoms with Gasteiger partial charge >= 0.3 is 5.97 Å². The summed E-state index contributed by atoms with van der Waals surface area (Å²) in [6, 6.07) is 4.84. The highest BCUT2D eigenvalue weighted by Gasteiger charge is 2.22. The highest BCUT2D eigenvalue weighted by atomic mass is 32.1. The average molecular weight is 391 g/mol. The maximum Gasteiger partial charge on any atom is 0.341 e. The number of anilines is 1. The van der Waals surface area contributed by atoms with Crippen LogP contribution in [0.2, 0.25) is 0 Å². The normalized spacial score (nSPS) is 10.2. The zero-order chi connectivity index (χ0) is 20.0. The summed E-state index contributed by atoms with van der Waals surface area (Å²) in [6.07, 6.45) is 0.626. The van der Waals surface area contributed by atoms with Crippen LogP contribution >= 0.6 is 11.3 Å². The number of para-hydroxylation sites is 1. The molecule has 0 spiro atoms. The molecule has 0 saturated carbocycles. The van der Waals surface area contributed by atoms with Crippen LogP contribution in [0.4, 0.5) is 5.00 Å². The number of hydrogen-bond donors (Lipinski definition) is 1. The van der Waals surface area contributed by atoms with Crippen molar-refractivity contribution in [2.24, 2.45) is 0 Å². The minimum absolute atomic E-state index is 0.189. The largest absolute Gasteiger partial charge is 0.493 e. The maximum atomic E-state index is 12.3. The van der Waals surface area contributed by atoms with Crippen LogP contribution < -0.4 is 14.8 Å². The number of nitrogens with one attached hydrogen (secondary N) is 1. The second-order valence-corrected chi connectivity index (χ2v) is 6.77.